The molecule has 0 aliphatic carbocycles. The molecule has 0 aromatic carbocycles. The fourth-order valence-corrected chi connectivity index (χ4v) is 13.1. The molecular formula is C70H144NO3S+. The molecule has 0 aliphatic heterocycles. The van der Waals surface area contributed by atoms with E-state index in [1.165, 1.54) is 409 Å². The summed E-state index contributed by atoms with van der Waals surface area (Å²) in [5.41, 5.74) is 0. The van der Waals surface area contributed by atoms with Crippen LogP contribution in [0, 0.1) is 0 Å². The molecule has 0 atom stereocenters. The summed E-state index contributed by atoms with van der Waals surface area (Å²) < 4.78 is 34.2. The van der Waals surface area contributed by atoms with Gasteiger partial charge in [0.2, 0.25) is 0 Å². The van der Waals surface area contributed by atoms with Crippen molar-refractivity contribution in [2.75, 3.05) is 31.9 Å². The number of hydrogen-bond acceptors (Lipinski definition) is 2. The van der Waals surface area contributed by atoms with Gasteiger partial charge < -0.3 is 4.48 Å². The Bertz CT molecular complexity index is 1030. The third-order valence-corrected chi connectivity index (χ3v) is 18.5. The fraction of sp³-hybridized carbons (Fsp3) is 1.00. The van der Waals surface area contributed by atoms with Gasteiger partial charge in [-0.25, -0.2) is 0 Å². The van der Waals surface area contributed by atoms with E-state index in [4.69, 9.17) is 0 Å². The molecule has 452 valence electrons. The lowest BCUT2D eigenvalue weighted by Gasteiger charge is -2.39. The maximum Gasteiger partial charge on any atom is 0.264 e. The predicted molar refractivity (Wildman–Crippen MR) is 339 cm³/mol. The van der Waals surface area contributed by atoms with E-state index in [1.54, 1.807) is 0 Å². The SMILES string of the molecule is CCCCCCCCCCCCCCCCCCCCCC[N+](CCCCCCCCCCCCCCCCCCCCCC)(CCCCCCCCCCCCCCCCCCCCCC)CCCCS(=O)(=O)O. The summed E-state index contributed by atoms with van der Waals surface area (Å²) in [7, 11) is -3.89. The molecule has 0 fully saturated rings. The van der Waals surface area contributed by atoms with Crippen molar-refractivity contribution in [3.05, 3.63) is 0 Å². The van der Waals surface area contributed by atoms with E-state index in [0.29, 0.717) is 6.42 Å². The van der Waals surface area contributed by atoms with Crippen molar-refractivity contribution in [2.24, 2.45) is 0 Å². The molecule has 0 aromatic heterocycles. The fourth-order valence-electron chi connectivity index (χ4n) is 12.5. The average molecular weight is 1080 g/mol. The summed E-state index contributed by atoms with van der Waals surface area (Å²) in [6.45, 7) is 11.8. The molecular weight excluding hydrogens is 935 g/mol. The van der Waals surface area contributed by atoms with Crippen molar-refractivity contribution in [3.8, 4) is 0 Å². The van der Waals surface area contributed by atoms with Crippen LogP contribution in [0.3, 0.4) is 0 Å². The van der Waals surface area contributed by atoms with Crippen LogP contribution in [-0.4, -0.2) is 49.4 Å². The Labute approximate surface area is 476 Å². The van der Waals surface area contributed by atoms with Crippen molar-refractivity contribution < 1.29 is 17.5 Å². The van der Waals surface area contributed by atoms with E-state index < -0.39 is 10.1 Å². The van der Waals surface area contributed by atoms with Crippen molar-refractivity contribution in [1.82, 2.24) is 0 Å². The van der Waals surface area contributed by atoms with Crippen LogP contribution in [0.4, 0.5) is 0 Å². The van der Waals surface area contributed by atoms with Gasteiger partial charge in [0.25, 0.3) is 10.1 Å². The van der Waals surface area contributed by atoms with Crippen molar-refractivity contribution in [2.45, 2.75) is 419 Å². The lowest BCUT2D eigenvalue weighted by Crippen LogP contribution is -2.51. The molecule has 0 aromatic rings. The Hall–Kier alpha value is -0.130. The zero-order valence-corrected chi connectivity index (χ0v) is 53.3. The molecule has 0 spiro atoms. The topological polar surface area (TPSA) is 54.4 Å². The number of quaternary nitrogens is 1. The first-order valence-electron chi connectivity index (χ1n) is 35.7. The van der Waals surface area contributed by atoms with Gasteiger partial charge in [-0.2, -0.15) is 8.42 Å². The Morgan fingerprint density at radius 1 is 0.200 bits per heavy atom. The Morgan fingerprint density at radius 3 is 0.453 bits per heavy atom. The van der Waals surface area contributed by atoms with Crippen molar-refractivity contribution in [3.63, 3.8) is 0 Å². The van der Waals surface area contributed by atoms with Crippen LogP contribution in [0.2, 0.25) is 0 Å². The van der Waals surface area contributed by atoms with Gasteiger partial charge in [-0.3, -0.25) is 4.55 Å². The summed E-state index contributed by atoms with van der Waals surface area (Å²) in [4.78, 5) is 0. The third-order valence-electron chi connectivity index (χ3n) is 17.7. The molecule has 0 saturated heterocycles. The number of unbranched alkanes of at least 4 members (excludes halogenated alkanes) is 58. The number of nitrogens with zero attached hydrogens (tertiary/aromatic N) is 1. The monoisotopic (exact) mass is 1080 g/mol. The van der Waals surface area contributed by atoms with Crippen LogP contribution in [-0.2, 0) is 10.1 Å². The predicted octanol–water partition coefficient (Wildman–Crippen LogP) is 24.9. The lowest BCUT2D eigenvalue weighted by atomic mass is 10.0. The molecule has 0 saturated carbocycles. The first kappa shape index (κ1) is 74.9. The van der Waals surface area contributed by atoms with Gasteiger partial charge >= 0.3 is 0 Å². The molecule has 0 unspecified atom stereocenters. The zero-order valence-electron chi connectivity index (χ0n) is 52.5. The molecule has 0 radical (unpaired) electrons. The van der Waals surface area contributed by atoms with Gasteiger partial charge in [0.05, 0.1) is 31.9 Å². The van der Waals surface area contributed by atoms with Gasteiger partial charge in [0.15, 0.2) is 0 Å². The highest BCUT2D eigenvalue weighted by Crippen LogP contribution is 2.23. The molecule has 75 heavy (non-hydrogen) atoms. The van der Waals surface area contributed by atoms with Crippen molar-refractivity contribution in [1.29, 1.82) is 0 Å². The molecule has 0 heterocycles. The van der Waals surface area contributed by atoms with Gasteiger partial charge in [0.1, 0.15) is 0 Å². The second-order valence-electron chi connectivity index (χ2n) is 25.4. The largest absolute Gasteiger partial charge is 0.324 e. The smallest absolute Gasteiger partial charge is 0.264 e. The Kier molecular flexibility index (Phi) is 62.9. The van der Waals surface area contributed by atoms with Crippen molar-refractivity contribution >= 4 is 10.1 Å². The molecule has 0 aliphatic rings. The van der Waals surface area contributed by atoms with E-state index in [2.05, 4.69) is 20.8 Å². The second kappa shape index (κ2) is 63.1. The van der Waals surface area contributed by atoms with E-state index >= 15 is 0 Å². The van der Waals surface area contributed by atoms with Gasteiger partial charge in [0, 0.05) is 0 Å². The highest BCUT2D eigenvalue weighted by atomic mass is 32.2. The second-order valence-corrected chi connectivity index (χ2v) is 27.0. The van der Waals surface area contributed by atoms with E-state index in [-0.39, 0.29) is 5.75 Å². The van der Waals surface area contributed by atoms with Crippen LogP contribution < -0.4 is 0 Å². The molecule has 4 nitrogen and oxygen atoms in total. The minimum Gasteiger partial charge on any atom is -0.324 e. The summed E-state index contributed by atoms with van der Waals surface area (Å²) in [5, 5.41) is 0. The zero-order chi connectivity index (χ0) is 54.4. The quantitative estimate of drug-likeness (QED) is 0.0375. The highest BCUT2D eigenvalue weighted by molar-refractivity contribution is 7.85. The molecule has 5 heteroatoms. The van der Waals surface area contributed by atoms with Gasteiger partial charge in [-0.1, -0.05) is 367 Å². The maximum absolute atomic E-state index is 11.7. The van der Waals surface area contributed by atoms with E-state index in [9.17, 15) is 13.0 Å². The highest BCUT2D eigenvalue weighted by Gasteiger charge is 2.26. The molecule has 0 rings (SSSR count). The maximum atomic E-state index is 11.7. The third kappa shape index (κ3) is 62.9. The van der Waals surface area contributed by atoms with Crippen LogP contribution in [0.1, 0.15) is 419 Å². The van der Waals surface area contributed by atoms with Crippen LogP contribution >= 0.6 is 0 Å². The minimum atomic E-state index is -3.89. The molecule has 0 amide bonds. The Morgan fingerprint density at radius 2 is 0.320 bits per heavy atom. The van der Waals surface area contributed by atoms with Gasteiger partial charge in [-0.15, -0.1) is 0 Å². The summed E-state index contributed by atoms with van der Waals surface area (Å²) in [6, 6.07) is 0. The standard InChI is InChI=1S/C70H143NO3S/c1-4-7-10-13-16-19-22-25-28-31-34-37-40-43-46-49-52-55-58-61-66-71(69-64-65-70-75(72,73)74,67-62-59-56-53-50-47-44-41-38-35-32-29-26-23-20-17-14-11-8-5-2)68-63-60-57-54-51-48-45-42-39-36-33-30-27-24-21-18-15-12-9-6-3/h4-70H2,1-3H3/p+1. The lowest BCUT2D eigenvalue weighted by molar-refractivity contribution is -0.929. The Balaban J connectivity index is 4.67. The molecule has 1 N–H and O–H groups in total. The van der Waals surface area contributed by atoms with Crippen LogP contribution in [0.5, 0.6) is 0 Å². The van der Waals surface area contributed by atoms with Crippen LogP contribution in [0.15, 0.2) is 0 Å². The van der Waals surface area contributed by atoms with E-state index in [0.717, 1.165) is 13.0 Å². The first-order chi connectivity index (χ1) is 36.9. The van der Waals surface area contributed by atoms with Crippen LogP contribution in [0.25, 0.3) is 0 Å². The summed E-state index contributed by atoms with van der Waals surface area (Å²) in [6.07, 6.45) is 86.9. The first-order valence-corrected chi connectivity index (χ1v) is 37.3. The number of rotatable bonds is 68. The summed E-state index contributed by atoms with van der Waals surface area (Å²) in [5.74, 6) is -0.0784. The average Bonchev–Trinajstić information content (AvgIpc) is 3.40. The number of hydrogen-bond donors (Lipinski definition) is 1. The summed E-state index contributed by atoms with van der Waals surface area (Å²) >= 11 is 0. The minimum absolute atomic E-state index is 0.0784. The van der Waals surface area contributed by atoms with Gasteiger partial charge in [-0.05, 0) is 51.4 Å². The molecule has 0 bridgehead atoms. The van der Waals surface area contributed by atoms with E-state index in [1.807, 2.05) is 0 Å². The normalized spacial score (nSPS) is 12.2.